The molecule has 3 N–H and O–H groups in total. The van der Waals surface area contributed by atoms with E-state index in [1.807, 2.05) is 78.9 Å². The Bertz CT molecular complexity index is 1120. The van der Waals surface area contributed by atoms with Crippen LogP contribution in [-0.2, 0) is 11.2 Å². The quantitative estimate of drug-likeness (QED) is 0.481. The van der Waals surface area contributed by atoms with E-state index in [0.717, 1.165) is 22.2 Å². The summed E-state index contributed by atoms with van der Waals surface area (Å²) in [6, 6.07) is 26.2. The molecule has 5 heteroatoms. The molecule has 0 unspecified atom stereocenters. The molecule has 0 saturated carbocycles. The summed E-state index contributed by atoms with van der Waals surface area (Å²) in [5.41, 5.74) is 3.48. The molecule has 0 radical (unpaired) electrons. The van der Waals surface area contributed by atoms with Crippen LogP contribution in [0.2, 0.25) is 0 Å². The van der Waals surface area contributed by atoms with Crippen LogP contribution in [0.3, 0.4) is 0 Å². The van der Waals surface area contributed by atoms with E-state index in [-0.39, 0.29) is 11.8 Å². The van der Waals surface area contributed by atoms with E-state index in [1.165, 1.54) is 0 Å². The Morgan fingerprint density at radius 3 is 2.25 bits per heavy atom. The highest BCUT2D eigenvalue weighted by atomic mass is 16.2. The zero-order chi connectivity index (χ0) is 19.3. The molecule has 2 amide bonds. The van der Waals surface area contributed by atoms with Gasteiger partial charge in [-0.05, 0) is 29.8 Å². The summed E-state index contributed by atoms with van der Waals surface area (Å²) in [7, 11) is 0. The number of H-pyrrole nitrogens is 1. The average molecular weight is 369 g/mol. The molecule has 0 fully saturated rings. The van der Waals surface area contributed by atoms with E-state index < -0.39 is 0 Å². The third kappa shape index (κ3) is 3.94. The highest BCUT2D eigenvalue weighted by Gasteiger charge is 2.13. The van der Waals surface area contributed by atoms with Crippen LogP contribution in [0.5, 0.6) is 0 Å². The molecule has 1 aromatic heterocycles. The van der Waals surface area contributed by atoms with Crippen molar-refractivity contribution in [3.05, 3.63) is 96.2 Å². The number of benzene rings is 3. The van der Waals surface area contributed by atoms with E-state index in [2.05, 4.69) is 15.6 Å². The summed E-state index contributed by atoms with van der Waals surface area (Å²) >= 11 is 0. The number of hydrogen-bond acceptors (Lipinski definition) is 2. The molecule has 0 spiro atoms. The number of carbonyl (C=O) groups is 2. The Morgan fingerprint density at radius 1 is 0.786 bits per heavy atom. The summed E-state index contributed by atoms with van der Waals surface area (Å²) in [4.78, 5) is 28.1. The van der Waals surface area contributed by atoms with Crippen molar-refractivity contribution in [3.63, 3.8) is 0 Å². The number of carbonyl (C=O) groups excluding carboxylic acids is 2. The Hall–Kier alpha value is -3.86. The SMILES string of the molecule is O=C(Cc1ccccc1)Nc1cccc2cc(C(=O)Nc3ccccc3)[nH]c12. The van der Waals surface area contributed by atoms with Gasteiger partial charge < -0.3 is 15.6 Å². The zero-order valence-corrected chi connectivity index (χ0v) is 15.1. The van der Waals surface area contributed by atoms with Crippen molar-refractivity contribution in [2.45, 2.75) is 6.42 Å². The van der Waals surface area contributed by atoms with Gasteiger partial charge in [0.1, 0.15) is 5.69 Å². The van der Waals surface area contributed by atoms with Gasteiger partial charge in [-0.3, -0.25) is 9.59 Å². The van der Waals surface area contributed by atoms with E-state index in [1.54, 1.807) is 6.07 Å². The molecule has 0 bridgehead atoms. The Labute approximate surface area is 162 Å². The molecule has 138 valence electrons. The van der Waals surface area contributed by atoms with Crippen LogP contribution in [-0.4, -0.2) is 16.8 Å². The largest absolute Gasteiger partial charge is 0.349 e. The van der Waals surface area contributed by atoms with Gasteiger partial charge in [0.15, 0.2) is 0 Å². The third-order valence-corrected chi connectivity index (χ3v) is 4.41. The van der Waals surface area contributed by atoms with Gasteiger partial charge >= 0.3 is 0 Å². The lowest BCUT2D eigenvalue weighted by atomic mass is 10.1. The molecule has 0 aliphatic carbocycles. The minimum Gasteiger partial charge on any atom is -0.349 e. The van der Waals surface area contributed by atoms with E-state index >= 15 is 0 Å². The highest BCUT2D eigenvalue weighted by molar-refractivity contribution is 6.08. The summed E-state index contributed by atoms with van der Waals surface area (Å²) in [6.07, 6.45) is 0.291. The number of rotatable bonds is 5. The van der Waals surface area contributed by atoms with Crippen molar-refractivity contribution >= 4 is 34.1 Å². The fraction of sp³-hybridized carbons (Fsp3) is 0.0435. The smallest absolute Gasteiger partial charge is 0.272 e. The summed E-state index contributed by atoms with van der Waals surface area (Å²) < 4.78 is 0. The molecule has 1 heterocycles. The number of fused-ring (bicyclic) bond motifs is 1. The lowest BCUT2D eigenvalue weighted by molar-refractivity contribution is -0.115. The van der Waals surface area contributed by atoms with E-state index in [9.17, 15) is 9.59 Å². The third-order valence-electron chi connectivity index (χ3n) is 4.41. The maximum Gasteiger partial charge on any atom is 0.272 e. The second-order valence-corrected chi connectivity index (χ2v) is 6.48. The molecular weight excluding hydrogens is 350 g/mol. The van der Waals surface area contributed by atoms with Gasteiger partial charge in [-0.15, -0.1) is 0 Å². The molecule has 4 rings (SSSR count). The number of aromatic amines is 1. The van der Waals surface area contributed by atoms with Crippen molar-refractivity contribution in [3.8, 4) is 0 Å². The molecule has 0 atom stereocenters. The second-order valence-electron chi connectivity index (χ2n) is 6.48. The van der Waals surface area contributed by atoms with Crippen LogP contribution in [0.25, 0.3) is 10.9 Å². The summed E-state index contributed by atoms with van der Waals surface area (Å²) in [6.45, 7) is 0. The maximum absolute atomic E-state index is 12.5. The first kappa shape index (κ1) is 17.5. The monoisotopic (exact) mass is 369 g/mol. The number of nitrogens with one attached hydrogen (secondary N) is 3. The number of hydrogen-bond donors (Lipinski definition) is 3. The van der Waals surface area contributed by atoms with Gasteiger partial charge in [-0.1, -0.05) is 60.7 Å². The number of aromatic nitrogens is 1. The van der Waals surface area contributed by atoms with Crippen LogP contribution in [0.4, 0.5) is 11.4 Å². The molecule has 0 aliphatic rings. The topological polar surface area (TPSA) is 74.0 Å². The number of para-hydroxylation sites is 2. The Morgan fingerprint density at radius 2 is 1.50 bits per heavy atom. The Balaban J connectivity index is 1.53. The van der Waals surface area contributed by atoms with Crippen molar-refractivity contribution in [1.29, 1.82) is 0 Å². The second kappa shape index (κ2) is 7.80. The van der Waals surface area contributed by atoms with Crippen molar-refractivity contribution in [1.82, 2.24) is 4.98 Å². The number of anilines is 2. The average Bonchev–Trinajstić information content (AvgIpc) is 3.15. The van der Waals surface area contributed by atoms with Crippen molar-refractivity contribution in [2.24, 2.45) is 0 Å². The first-order chi connectivity index (χ1) is 13.7. The first-order valence-corrected chi connectivity index (χ1v) is 9.01. The molecule has 0 aliphatic heterocycles. The lowest BCUT2D eigenvalue weighted by Crippen LogP contribution is -2.14. The van der Waals surface area contributed by atoms with Gasteiger partial charge in [-0.25, -0.2) is 0 Å². The lowest BCUT2D eigenvalue weighted by Gasteiger charge is -2.07. The molecule has 0 saturated heterocycles. The molecule has 5 nitrogen and oxygen atoms in total. The van der Waals surface area contributed by atoms with Crippen molar-refractivity contribution < 1.29 is 9.59 Å². The van der Waals surface area contributed by atoms with Gasteiger partial charge in [0.2, 0.25) is 5.91 Å². The number of amides is 2. The van der Waals surface area contributed by atoms with Crippen LogP contribution >= 0.6 is 0 Å². The minimum atomic E-state index is -0.232. The Kier molecular flexibility index (Phi) is 4.89. The fourth-order valence-electron chi connectivity index (χ4n) is 3.08. The maximum atomic E-state index is 12.5. The van der Waals surface area contributed by atoms with Crippen LogP contribution in [0.15, 0.2) is 84.9 Å². The van der Waals surface area contributed by atoms with Gasteiger partial charge in [0, 0.05) is 11.1 Å². The van der Waals surface area contributed by atoms with Gasteiger partial charge in [0.05, 0.1) is 17.6 Å². The highest BCUT2D eigenvalue weighted by Crippen LogP contribution is 2.24. The molecule has 4 aromatic rings. The van der Waals surface area contributed by atoms with Gasteiger partial charge in [-0.2, -0.15) is 0 Å². The first-order valence-electron chi connectivity index (χ1n) is 9.01. The van der Waals surface area contributed by atoms with Crippen LogP contribution < -0.4 is 10.6 Å². The predicted octanol–water partition coefficient (Wildman–Crippen LogP) is 4.60. The predicted molar refractivity (Wildman–Crippen MR) is 111 cm³/mol. The van der Waals surface area contributed by atoms with Crippen molar-refractivity contribution in [2.75, 3.05) is 10.6 Å². The molecule has 3 aromatic carbocycles. The molecular formula is C23H19N3O2. The summed E-state index contributed by atoms with van der Waals surface area (Å²) in [5, 5.41) is 6.65. The van der Waals surface area contributed by atoms with Crippen LogP contribution in [0.1, 0.15) is 16.1 Å². The normalized spacial score (nSPS) is 10.6. The molecule has 28 heavy (non-hydrogen) atoms. The zero-order valence-electron chi connectivity index (χ0n) is 15.1. The fourth-order valence-corrected chi connectivity index (χ4v) is 3.08. The van der Waals surface area contributed by atoms with Crippen LogP contribution in [0, 0.1) is 0 Å². The summed E-state index contributed by atoms with van der Waals surface area (Å²) in [5.74, 6) is -0.340. The standard InChI is InChI=1S/C23H19N3O2/c27-21(14-16-8-3-1-4-9-16)25-19-13-7-10-17-15-20(26-22(17)19)23(28)24-18-11-5-2-6-12-18/h1-13,15,26H,14H2,(H,24,28)(H,25,27). The van der Waals surface area contributed by atoms with E-state index in [0.29, 0.717) is 17.8 Å². The van der Waals surface area contributed by atoms with E-state index in [4.69, 9.17) is 0 Å². The minimum absolute atomic E-state index is 0.108. The van der Waals surface area contributed by atoms with Gasteiger partial charge in [0.25, 0.3) is 5.91 Å².